The third kappa shape index (κ3) is 3.98. The van der Waals surface area contributed by atoms with Gasteiger partial charge in [0.25, 0.3) is 0 Å². The Kier molecular flexibility index (Phi) is 5.49. The van der Waals surface area contributed by atoms with Gasteiger partial charge in [-0.15, -0.1) is 6.42 Å². The lowest BCUT2D eigenvalue weighted by atomic mass is 10.0. The number of terminal acetylenes is 1. The number of nitrogens with zero attached hydrogens (tertiary/aromatic N) is 2. The molecular weight excluding hydrogens is 222 g/mol. The van der Waals surface area contributed by atoms with Gasteiger partial charge < -0.3 is 10.2 Å². The molecule has 18 heavy (non-hydrogen) atoms. The van der Waals surface area contributed by atoms with Crippen LogP contribution in [0.15, 0.2) is 0 Å². The molecule has 1 N–H and O–H groups in total. The number of likely N-dealkylation sites (N-methyl/N-ethyl adjacent to an activating group) is 1. The van der Waals surface area contributed by atoms with E-state index in [1.807, 2.05) is 0 Å². The van der Waals surface area contributed by atoms with Crippen molar-refractivity contribution in [1.29, 1.82) is 0 Å². The zero-order chi connectivity index (χ0) is 12.8. The summed E-state index contributed by atoms with van der Waals surface area (Å²) in [5.41, 5.74) is 0. The second-order valence-corrected chi connectivity index (χ2v) is 5.79. The molecule has 0 saturated carbocycles. The van der Waals surface area contributed by atoms with Crippen molar-refractivity contribution in [2.45, 2.75) is 44.2 Å². The van der Waals surface area contributed by atoms with E-state index in [-0.39, 0.29) is 0 Å². The summed E-state index contributed by atoms with van der Waals surface area (Å²) in [6, 6.07) is 1.46. The molecule has 0 bridgehead atoms. The summed E-state index contributed by atoms with van der Waals surface area (Å²) in [5, 5.41) is 3.76. The highest BCUT2D eigenvalue weighted by Gasteiger charge is 2.22. The number of rotatable bonds is 4. The molecule has 0 aliphatic carbocycles. The molecule has 3 nitrogen and oxygen atoms in total. The summed E-state index contributed by atoms with van der Waals surface area (Å²) in [6.45, 7) is 5.56. The molecule has 0 aromatic carbocycles. The lowest BCUT2D eigenvalue weighted by Crippen LogP contribution is -2.48. The smallest absolute Gasteiger partial charge is 0.0598 e. The minimum Gasteiger partial charge on any atom is -0.312 e. The Morgan fingerprint density at radius 1 is 1.17 bits per heavy atom. The lowest BCUT2D eigenvalue weighted by Gasteiger charge is -2.36. The minimum atomic E-state index is 0.703. The summed E-state index contributed by atoms with van der Waals surface area (Å²) >= 11 is 0. The maximum atomic E-state index is 5.35. The van der Waals surface area contributed by atoms with Gasteiger partial charge in [0.05, 0.1) is 6.54 Å². The fraction of sp³-hybridized carbons (Fsp3) is 0.867. The first kappa shape index (κ1) is 13.9. The van der Waals surface area contributed by atoms with Crippen LogP contribution in [0.3, 0.4) is 0 Å². The number of likely N-dealkylation sites (tertiary alicyclic amines) is 2. The number of hydrogen-bond acceptors (Lipinski definition) is 3. The standard InChI is InChI=1S/C15H27N3/c1-3-9-18-11-7-14(8-12-18)16-13-15-6-4-5-10-17(15)2/h1,14-16H,4-13H2,2H3. The van der Waals surface area contributed by atoms with Gasteiger partial charge in [-0.3, -0.25) is 4.90 Å². The van der Waals surface area contributed by atoms with Gasteiger partial charge in [-0.1, -0.05) is 12.3 Å². The third-order valence-electron chi connectivity index (χ3n) is 4.47. The SMILES string of the molecule is C#CCN1CCC(NCC2CCCCN2C)CC1. The molecule has 1 atom stereocenters. The molecule has 2 rings (SSSR count). The maximum Gasteiger partial charge on any atom is 0.0598 e. The van der Waals surface area contributed by atoms with Crippen molar-refractivity contribution >= 4 is 0 Å². The minimum absolute atomic E-state index is 0.703. The first-order valence-corrected chi connectivity index (χ1v) is 7.39. The van der Waals surface area contributed by atoms with Crippen LogP contribution in [0, 0.1) is 12.3 Å². The highest BCUT2D eigenvalue weighted by atomic mass is 15.2. The molecule has 0 aromatic heterocycles. The van der Waals surface area contributed by atoms with Crippen LogP contribution in [0.25, 0.3) is 0 Å². The van der Waals surface area contributed by atoms with Crippen LogP contribution in [-0.4, -0.2) is 61.7 Å². The molecule has 0 amide bonds. The fourth-order valence-corrected chi connectivity index (χ4v) is 3.13. The van der Waals surface area contributed by atoms with Gasteiger partial charge in [0, 0.05) is 31.7 Å². The van der Waals surface area contributed by atoms with Crippen molar-refractivity contribution in [1.82, 2.24) is 15.1 Å². The second kappa shape index (κ2) is 7.13. The molecule has 2 heterocycles. The lowest BCUT2D eigenvalue weighted by molar-refractivity contribution is 0.164. The second-order valence-electron chi connectivity index (χ2n) is 5.79. The van der Waals surface area contributed by atoms with Crippen molar-refractivity contribution in [2.24, 2.45) is 0 Å². The maximum absolute atomic E-state index is 5.35. The topological polar surface area (TPSA) is 18.5 Å². The van der Waals surface area contributed by atoms with Crippen LogP contribution in [0.5, 0.6) is 0 Å². The highest BCUT2D eigenvalue weighted by molar-refractivity contribution is 4.90. The molecule has 0 radical (unpaired) electrons. The molecule has 0 aromatic rings. The Bertz CT molecular complexity index is 276. The normalized spacial score (nSPS) is 28.1. The predicted octanol–water partition coefficient (Wildman–Crippen LogP) is 1.16. The molecular formula is C15H27N3. The van der Waals surface area contributed by atoms with Crippen molar-refractivity contribution in [3.8, 4) is 12.3 Å². The van der Waals surface area contributed by atoms with E-state index in [9.17, 15) is 0 Å². The van der Waals surface area contributed by atoms with E-state index in [0.717, 1.165) is 32.2 Å². The van der Waals surface area contributed by atoms with Gasteiger partial charge in [0.2, 0.25) is 0 Å². The Balaban J connectivity index is 1.64. The molecule has 2 fully saturated rings. The summed E-state index contributed by atoms with van der Waals surface area (Å²) in [4.78, 5) is 4.90. The first-order chi connectivity index (χ1) is 8.79. The van der Waals surface area contributed by atoms with E-state index in [1.165, 1.54) is 38.6 Å². The monoisotopic (exact) mass is 249 g/mol. The van der Waals surface area contributed by atoms with Gasteiger partial charge in [0.1, 0.15) is 0 Å². The average molecular weight is 249 g/mol. The average Bonchev–Trinajstić information content (AvgIpc) is 2.40. The van der Waals surface area contributed by atoms with E-state index in [4.69, 9.17) is 6.42 Å². The summed E-state index contributed by atoms with van der Waals surface area (Å²) in [7, 11) is 2.26. The summed E-state index contributed by atoms with van der Waals surface area (Å²) in [5.74, 6) is 2.74. The van der Waals surface area contributed by atoms with E-state index in [2.05, 4.69) is 28.1 Å². The Hall–Kier alpha value is -0.560. The fourth-order valence-electron chi connectivity index (χ4n) is 3.13. The van der Waals surface area contributed by atoms with Gasteiger partial charge in [-0.2, -0.15) is 0 Å². The van der Waals surface area contributed by atoms with Crippen molar-refractivity contribution in [2.75, 3.05) is 39.8 Å². The largest absolute Gasteiger partial charge is 0.312 e. The first-order valence-electron chi connectivity index (χ1n) is 7.39. The zero-order valence-corrected chi connectivity index (χ0v) is 11.7. The van der Waals surface area contributed by atoms with E-state index in [0.29, 0.717) is 6.04 Å². The molecule has 2 aliphatic heterocycles. The van der Waals surface area contributed by atoms with Crippen molar-refractivity contribution < 1.29 is 0 Å². The van der Waals surface area contributed by atoms with Gasteiger partial charge in [0.15, 0.2) is 0 Å². The summed E-state index contributed by atoms with van der Waals surface area (Å²) < 4.78 is 0. The van der Waals surface area contributed by atoms with Crippen molar-refractivity contribution in [3.63, 3.8) is 0 Å². The Morgan fingerprint density at radius 2 is 1.94 bits per heavy atom. The van der Waals surface area contributed by atoms with Gasteiger partial charge in [-0.05, 0) is 39.3 Å². The molecule has 0 spiro atoms. The molecule has 1 unspecified atom stereocenters. The predicted molar refractivity (Wildman–Crippen MR) is 76.6 cm³/mol. The molecule has 2 saturated heterocycles. The van der Waals surface area contributed by atoms with Gasteiger partial charge in [-0.25, -0.2) is 0 Å². The molecule has 102 valence electrons. The van der Waals surface area contributed by atoms with Gasteiger partial charge >= 0.3 is 0 Å². The number of hydrogen-bond donors (Lipinski definition) is 1. The van der Waals surface area contributed by atoms with Crippen LogP contribution in [0.1, 0.15) is 32.1 Å². The quantitative estimate of drug-likeness (QED) is 0.754. The molecule has 3 heteroatoms. The van der Waals surface area contributed by atoms with E-state index < -0.39 is 0 Å². The Labute approximate surface area is 112 Å². The molecule has 2 aliphatic rings. The Morgan fingerprint density at radius 3 is 2.61 bits per heavy atom. The van der Waals surface area contributed by atoms with Crippen LogP contribution < -0.4 is 5.32 Å². The van der Waals surface area contributed by atoms with E-state index >= 15 is 0 Å². The van der Waals surface area contributed by atoms with Crippen LogP contribution in [0.2, 0.25) is 0 Å². The van der Waals surface area contributed by atoms with E-state index in [1.54, 1.807) is 0 Å². The number of piperidine rings is 2. The van der Waals surface area contributed by atoms with Crippen LogP contribution in [0.4, 0.5) is 0 Å². The summed E-state index contributed by atoms with van der Waals surface area (Å²) in [6.07, 6.45) is 12.0. The number of nitrogens with one attached hydrogen (secondary N) is 1. The van der Waals surface area contributed by atoms with Crippen LogP contribution >= 0.6 is 0 Å². The highest BCUT2D eigenvalue weighted by Crippen LogP contribution is 2.15. The third-order valence-corrected chi connectivity index (χ3v) is 4.47. The zero-order valence-electron chi connectivity index (χ0n) is 11.7. The van der Waals surface area contributed by atoms with Crippen molar-refractivity contribution in [3.05, 3.63) is 0 Å². The van der Waals surface area contributed by atoms with Crippen LogP contribution in [-0.2, 0) is 0 Å².